The van der Waals surface area contributed by atoms with Crippen LogP contribution in [-0.4, -0.2) is 31.4 Å². The lowest BCUT2D eigenvalue weighted by Crippen LogP contribution is -2.43. The van der Waals surface area contributed by atoms with Gasteiger partial charge in [0.2, 0.25) is 0 Å². The summed E-state index contributed by atoms with van der Waals surface area (Å²) >= 11 is 0. The molecule has 0 aliphatic heterocycles. The van der Waals surface area contributed by atoms with Crippen molar-refractivity contribution in [2.45, 2.75) is 32.7 Å². The molecule has 5 heteroatoms. The number of carbonyl (C=O) groups is 2. The van der Waals surface area contributed by atoms with E-state index in [4.69, 9.17) is 9.15 Å². The number of furan rings is 1. The zero-order chi connectivity index (χ0) is 15.7. The highest BCUT2D eigenvalue weighted by Gasteiger charge is 2.23. The molecule has 1 rings (SSSR count). The number of ketones is 1. The Balaban J connectivity index is 2.39. The molecule has 0 radical (unpaired) electrons. The third kappa shape index (κ3) is 5.95. The zero-order valence-electron chi connectivity index (χ0n) is 12.8. The Labute approximate surface area is 125 Å². The van der Waals surface area contributed by atoms with E-state index in [9.17, 15) is 9.59 Å². The Morgan fingerprint density at radius 2 is 2.24 bits per heavy atom. The van der Waals surface area contributed by atoms with Crippen molar-refractivity contribution in [3.8, 4) is 0 Å². The van der Waals surface area contributed by atoms with Gasteiger partial charge in [0.25, 0.3) is 0 Å². The maximum atomic E-state index is 11.7. The van der Waals surface area contributed by atoms with E-state index >= 15 is 0 Å². The van der Waals surface area contributed by atoms with Crippen molar-refractivity contribution in [1.29, 1.82) is 0 Å². The Morgan fingerprint density at radius 3 is 2.81 bits per heavy atom. The van der Waals surface area contributed by atoms with Gasteiger partial charge < -0.3 is 14.5 Å². The average Bonchev–Trinajstić information content (AvgIpc) is 3.01. The van der Waals surface area contributed by atoms with E-state index in [1.54, 1.807) is 24.5 Å². The molecule has 5 nitrogen and oxygen atoms in total. The molecular weight excluding hydrogens is 270 g/mol. The Morgan fingerprint density at radius 1 is 1.48 bits per heavy atom. The van der Waals surface area contributed by atoms with E-state index in [1.807, 2.05) is 13.8 Å². The van der Waals surface area contributed by atoms with Gasteiger partial charge in [0.05, 0.1) is 13.4 Å². The van der Waals surface area contributed by atoms with Crippen LogP contribution in [0.4, 0.5) is 0 Å². The van der Waals surface area contributed by atoms with Crippen molar-refractivity contribution < 1.29 is 18.7 Å². The van der Waals surface area contributed by atoms with E-state index < -0.39 is 0 Å². The molecule has 2 atom stereocenters. The zero-order valence-corrected chi connectivity index (χ0v) is 12.8. The van der Waals surface area contributed by atoms with Crippen LogP contribution in [-0.2, 0) is 14.3 Å². The van der Waals surface area contributed by atoms with Crippen LogP contribution in [0.25, 0.3) is 6.08 Å². The summed E-state index contributed by atoms with van der Waals surface area (Å²) in [6.07, 6.45) is 5.85. The molecular formula is C16H23NO4. The van der Waals surface area contributed by atoms with Crippen LogP contribution < -0.4 is 5.32 Å². The van der Waals surface area contributed by atoms with Crippen LogP contribution in [0.5, 0.6) is 0 Å². The number of rotatable bonds is 9. The van der Waals surface area contributed by atoms with Crippen molar-refractivity contribution in [2.75, 3.05) is 13.7 Å². The molecule has 1 aromatic heterocycles. The predicted octanol–water partition coefficient (Wildman–Crippen LogP) is 2.43. The number of hydrogen-bond acceptors (Lipinski definition) is 5. The molecule has 0 aliphatic carbocycles. The maximum absolute atomic E-state index is 11.7. The van der Waals surface area contributed by atoms with Gasteiger partial charge in [-0.05, 0) is 30.2 Å². The lowest BCUT2D eigenvalue weighted by Gasteiger charge is -2.21. The maximum Gasteiger partial charge on any atom is 0.323 e. The first kappa shape index (κ1) is 17.2. The highest BCUT2D eigenvalue weighted by molar-refractivity contribution is 5.93. The van der Waals surface area contributed by atoms with Gasteiger partial charge in [0.1, 0.15) is 11.8 Å². The topological polar surface area (TPSA) is 68.5 Å². The lowest BCUT2D eigenvalue weighted by atomic mass is 9.99. The summed E-state index contributed by atoms with van der Waals surface area (Å²) in [7, 11) is 1.37. The van der Waals surface area contributed by atoms with Crippen molar-refractivity contribution in [2.24, 2.45) is 5.92 Å². The lowest BCUT2D eigenvalue weighted by molar-refractivity contribution is -0.144. The molecule has 0 saturated heterocycles. The van der Waals surface area contributed by atoms with Gasteiger partial charge in [-0.15, -0.1) is 0 Å². The number of carbonyl (C=O) groups excluding carboxylic acids is 2. The molecule has 0 amide bonds. The molecule has 1 N–H and O–H groups in total. The summed E-state index contributed by atoms with van der Waals surface area (Å²) in [6.45, 7) is 4.43. The third-order valence-corrected chi connectivity index (χ3v) is 3.38. The SMILES string of the molecule is CCC(C)C(NCCC(=O)C=Cc1ccco1)C(=O)OC. The van der Waals surface area contributed by atoms with Gasteiger partial charge >= 0.3 is 5.97 Å². The summed E-state index contributed by atoms with van der Waals surface area (Å²) < 4.78 is 9.88. The van der Waals surface area contributed by atoms with Gasteiger partial charge in [-0.25, -0.2) is 0 Å². The molecule has 0 saturated carbocycles. The van der Waals surface area contributed by atoms with Crippen LogP contribution >= 0.6 is 0 Å². The monoisotopic (exact) mass is 293 g/mol. The van der Waals surface area contributed by atoms with Crippen LogP contribution in [0.2, 0.25) is 0 Å². The second kappa shape index (κ2) is 9.13. The minimum atomic E-state index is -0.373. The first-order chi connectivity index (χ1) is 10.1. The second-order valence-corrected chi connectivity index (χ2v) is 4.91. The fraction of sp³-hybridized carbons (Fsp3) is 0.500. The van der Waals surface area contributed by atoms with Crippen LogP contribution in [0, 0.1) is 5.92 Å². The van der Waals surface area contributed by atoms with Crippen LogP contribution in [0.1, 0.15) is 32.4 Å². The van der Waals surface area contributed by atoms with Crippen molar-refractivity contribution in [3.63, 3.8) is 0 Å². The number of nitrogens with one attached hydrogen (secondary N) is 1. The van der Waals surface area contributed by atoms with E-state index in [0.717, 1.165) is 6.42 Å². The highest BCUT2D eigenvalue weighted by Crippen LogP contribution is 2.09. The second-order valence-electron chi connectivity index (χ2n) is 4.91. The highest BCUT2D eigenvalue weighted by atomic mass is 16.5. The summed E-state index contributed by atoms with van der Waals surface area (Å²) in [5, 5.41) is 3.09. The Hall–Kier alpha value is -1.88. The number of ether oxygens (including phenoxy) is 1. The largest absolute Gasteiger partial charge is 0.468 e. The Bertz CT molecular complexity index is 465. The number of esters is 1. The van der Waals surface area contributed by atoms with Gasteiger partial charge in [0, 0.05) is 13.0 Å². The molecule has 0 fully saturated rings. The molecule has 116 valence electrons. The molecule has 0 aliphatic rings. The minimum absolute atomic E-state index is 0.0216. The minimum Gasteiger partial charge on any atom is -0.468 e. The standard InChI is InChI=1S/C16H23NO4/c1-4-12(2)15(16(19)20-3)17-10-9-13(18)7-8-14-6-5-11-21-14/h5-8,11-12,15,17H,4,9-10H2,1-3H3. The summed E-state index contributed by atoms with van der Waals surface area (Å²) in [4.78, 5) is 23.4. The molecule has 0 spiro atoms. The fourth-order valence-corrected chi connectivity index (χ4v) is 1.87. The summed E-state index contributed by atoms with van der Waals surface area (Å²) in [6, 6.07) is 3.17. The van der Waals surface area contributed by atoms with E-state index in [-0.39, 0.29) is 23.7 Å². The molecule has 21 heavy (non-hydrogen) atoms. The van der Waals surface area contributed by atoms with E-state index in [0.29, 0.717) is 18.7 Å². The third-order valence-electron chi connectivity index (χ3n) is 3.38. The summed E-state index contributed by atoms with van der Waals surface area (Å²) in [5.74, 6) is 0.490. The van der Waals surface area contributed by atoms with Crippen molar-refractivity contribution >= 4 is 17.8 Å². The first-order valence-electron chi connectivity index (χ1n) is 7.14. The van der Waals surface area contributed by atoms with E-state index in [2.05, 4.69) is 5.32 Å². The number of methoxy groups -OCH3 is 1. The number of hydrogen-bond donors (Lipinski definition) is 1. The molecule has 2 unspecified atom stereocenters. The Kier molecular flexibility index (Phi) is 7.46. The van der Waals surface area contributed by atoms with Crippen LogP contribution in [0.3, 0.4) is 0 Å². The number of allylic oxidation sites excluding steroid dienone is 1. The quantitative estimate of drug-likeness (QED) is 0.559. The molecule has 1 aromatic rings. The van der Waals surface area contributed by atoms with Crippen molar-refractivity contribution in [3.05, 3.63) is 30.2 Å². The van der Waals surface area contributed by atoms with Crippen molar-refractivity contribution in [1.82, 2.24) is 5.32 Å². The van der Waals surface area contributed by atoms with Gasteiger partial charge in [-0.2, -0.15) is 0 Å². The van der Waals surface area contributed by atoms with Gasteiger partial charge in [-0.1, -0.05) is 20.3 Å². The smallest absolute Gasteiger partial charge is 0.323 e. The average molecular weight is 293 g/mol. The van der Waals surface area contributed by atoms with E-state index in [1.165, 1.54) is 13.2 Å². The normalized spacial score (nSPS) is 14.0. The molecule has 0 aromatic carbocycles. The molecule has 1 heterocycles. The fourth-order valence-electron chi connectivity index (χ4n) is 1.87. The molecule has 0 bridgehead atoms. The summed E-state index contributed by atoms with van der Waals surface area (Å²) in [5.41, 5.74) is 0. The van der Waals surface area contributed by atoms with Gasteiger partial charge in [-0.3, -0.25) is 9.59 Å². The van der Waals surface area contributed by atoms with Gasteiger partial charge in [0.15, 0.2) is 5.78 Å². The first-order valence-corrected chi connectivity index (χ1v) is 7.14. The predicted molar refractivity (Wildman–Crippen MR) is 80.6 cm³/mol. The van der Waals surface area contributed by atoms with Crippen LogP contribution in [0.15, 0.2) is 28.9 Å².